The summed E-state index contributed by atoms with van der Waals surface area (Å²) in [5.74, 6) is 1.80. The number of thiophene rings is 1. The first-order chi connectivity index (χ1) is 11.6. The van der Waals surface area contributed by atoms with Crippen molar-refractivity contribution < 1.29 is 14.1 Å². The number of ketones is 1. The van der Waals surface area contributed by atoms with Crippen molar-refractivity contribution in [1.29, 1.82) is 0 Å². The number of aromatic nitrogens is 1. The van der Waals surface area contributed by atoms with Crippen molar-refractivity contribution in [3.05, 3.63) is 58.1 Å². The highest BCUT2D eigenvalue weighted by Crippen LogP contribution is 2.40. The maximum atomic E-state index is 12.3. The van der Waals surface area contributed by atoms with Crippen molar-refractivity contribution >= 4 is 17.1 Å². The molecule has 0 fully saturated rings. The predicted molar refractivity (Wildman–Crippen MR) is 92.7 cm³/mol. The SMILES string of the molecule is Cc1ccc(OCc2cc(-c3cccs3)on2)c2c1C(C)CC2=O. The van der Waals surface area contributed by atoms with Gasteiger partial charge in [-0.15, -0.1) is 11.3 Å². The maximum absolute atomic E-state index is 12.3. The molecule has 24 heavy (non-hydrogen) atoms. The van der Waals surface area contributed by atoms with Crippen LogP contribution in [0.1, 0.15) is 46.4 Å². The van der Waals surface area contributed by atoms with Crippen molar-refractivity contribution in [2.45, 2.75) is 32.8 Å². The summed E-state index contributed by atoms with van der Waals surface area (Å²) < 4.78 is 11.3. The number of nitrogens with zero attached hydrogens (tertiary/aromatic N) is 1. The Balaban J connectivity index is 1.56. The molecule has 0 spiro atoms. The third-order valence-corrected chi connectivity index (χ3v) is 5.27. The molecule has 122 valence electrons. The van der Waals surface area contributed by atoms with E-state index < -0.39 is 0 Å². The molecule has 0 radical (unpaired) electrons. The van der Waals surface area contributed by atoms with Gasteiger partial charge in [0.15, 0.2) is 11.5 Å². The van der Waals surface area contributed by atoms with Crippen molar-refractivity contribution in [3.63, 3.8) is 0 Å². The molecule has 1 atom stereocenters. The smallest absolute Gasteiger partial charge is 0.177 e. The molecule has 0 bridgehead atoms. The van der Waals surface area contributed by atoms with Gasteiger partial charge in [0.25, 0.3) is 0 Å². The van der Waals surface area contributed by atoms with Crippen molar-refractivity contribution in [2.75, 3.05) is 0 Å². The fourth-order valence-electron chi connectivity index (χ4n) is 3.30. The Labute approximate surface area is 144 Å². The zero-order valence-electron chi connectivity index (χ0n) is 13.5. The topological polar surface area (TPSA) is 52.3 Å². The molecule has 0 N–H and O–H groups in total. The number of carbonyl (C=O) groups is 1. The number of aryl methyl sites for hydroxylation is 1. The fourth-order valence-corrected chi connectivity index (χ4v) is 3.97. The van der Waals surface area contributed by atoms with Crippen LogP contribution in [0.4, 0.5) is 0 Å². The minimum atomic E-state index is 0.163. The van der Waals surface area contributed by atoms with Gasteiger partial charge in [-0.3, -0.25) is 4.79 Å². The first-order valence-electron chi connectivity index (χ1n) is 7.92. The summed E-state index contributed by atoms with van der Waals surface area (Å²) in [5.41, 5.74) is 3.73. The van der Waals surface area contributed by atoms with E-state index in [2.05, 4.69) is 12.1 Å². The third-order valence-electron chi connectivity index (χ3n) is 4.39. The second-order valence-corrected chi connectivity index (χ2v) is 7.09. The molecule has 3 aromatic rings. The summed E-state index contributed by atoms with van der Waals surface area (Å²) in [5, 5.41) is 6.05. The Morgan fingerprint density at radius 3 is 3.04 bits per heavy atom. The molecule has 1 unspecified atom stereocenters. The van der Waals surface area contributed by atoms with Gasteiger partial charge < -0.3 is 9.26 Å². The number of ether oxygens (including phenoxy) is 1. The van der Waals surface area contributed by atoms with Gasteiger partial charge in [-0.25, -0.2) is 0 Å². The van der Waals surface area contributed by atoms with Crippen LogP contribution in [-0.2, 0) is 6.61 Å². The first-order valence-corrected chi connectivity index (χ1v) is 8.80. The summed E-state index contributed by atoms with van der Waals surface area (Å²) in [6.07, 6.45) is 0.559. The Hall–Kier alpha value is -2.40. The van der Waals surface area contributed by atoms with Crippen molar-refractivity contribution in [2.24, 2.45) is 0 Å². The number of rotatable bonds is 4. The Morgan fingerprint density at radius 1 is 1.38 bits per heavy atom. The molecule has 0 saturated heterocycles. The van der Waals surface area contributed by atoms with Gasteiger partial charge in [-0.1, -0.05) is 24.2 Å². The van der Waals surface area contributed by atoms with Crippen molar-refractivity contribution in [1.82, 2.24) is 5.16 Å². The van der Waals surface area contributed by atoms with Crippen molar-refractivity contribution in [3.8, 4) is 16.4 Å². The summed E-state index contributed by atoms with van der Waals surface area (Å²) >= 11 is 1.60. The average molecular weight is 339 g/mol. The van der Waals surface area contributed by atoms with E-state index in [9.17, 15) is 4.79 Å². The lowest BCUT2D eigenvalue weighted by molar-refractivity contribution is 0.0986. The highest BCUT2D eigenvalue weighted by atomic mass is 32.1. The van der Waals surface area contributed by atoms with Gasteiger partial charge in [0.1, 0.15) is 18.1 Å². The number of fused-ring (bicyclic) bond motifs is 1. The van der Waals surface area contributed by atoms with Crippen LogP contribution in [0.15, 0.2) is 40.2 Å². The monoisotopic (exact) mass is 339 g/mol. The maximum Gasteiger partial charge on any atom is 0.177 e. The molecule has 5 heteroatoms. The second kappa shape index (κ2) is 5.91. The number of benzene rings is 1. The summed E-state index contributed by atoms with van der Waals surface area (Å²) in [4.78, 5) is 13.3. The van der Waals surface area contributed by atoms with E-state index >= 15 is 0 Å². The van der Waals surface area contributed by atoms with Crippen LogP contribution < -0.4 is 4.74 Å². The summed E-state index contributed by atoms with van der Waals surface area (Å²) in [6, 6.07) is 9.74. The van der Waals surface area contributed by atoms with E-state index in [-0.39, 0.29) is 18.3 Å². The lowest BCUT2D eigenvalue weighted by Crippen LogP contribution is -2.02. The summed E-state index contributed by atoms with van der Waals surface area (Å²) in [6.45, 7) is 4.42. The van der Waals surface area contributed by atoms with E-state index in [0.717, 1.165) is 27.3 Å². The molecule has 0 aliphatic heterocycles. The number of hydrogen-bond donors (Lipinski definition) is 0. The molecular weight excluding hydrogens is 322 g/mol. The fraction of sp³-hybridized carbons (Fsp3) is 0.263. The third kappa shape index (κ3) is 2.55. The number of carbonyl (C=O) groups excluding carboxylic acids is 1. The minimum absolute atomic E-state index is 0.163. The number of Topliss-reactive ketones (excluding diaryl/α,β-unsaturated/α-hetero) is 1. The van der Waals surface area contributed by atoms with E-state index in [0.29, 0.717) is 17.9 Å². The van der Waals surface area contributed by atoms with Gasteiger partial charge in [-0.05, 0) is 41.5 Å². The van der Waals surface area contributed by atoms with Crippen LogP contribution in [0.2, 0.25) is 0 Å². The van der Waals surface area contributed by atoms with E-state index in [1.807, 2.05) is 42.6 Å². The lowest BCUT2D eigenvalue weighted by atomic mass is 9.97. The van der Waals surface area contributed by atoms with Crippen LogP contribution in [0, 0.1) is 6.92 Å². The molecule has 2 aromatic heterocycles. The molecule has 4 rings (SSSR count). The Bertz CT molecular complexity index is 895. The predicted octanol–water partition coefficient (Wildman–Crippen LogP) is 4.98. The molecule has 0 saturated carbocycles. The molecule has 0 amide bonds. The molecule has 4 nitrogen and oxygen atoms in total. The largest absolute Gasteiger partial charge is 0.486 e. The molecule has 2 heterocycles. The normalized spacial score (nSPS) is 16.4. The van der Waals surface area contributed by atoms with Gasteiger partial charge in [0, 0.05) is 12.5 Å². The van der Waals surface area contributed by atoms with E-state index in [1.165, 1.54) is 0 Å². The van der Waals surface area contributed by atoms with Crippen LogP contribution in [0.25, 0.3) is 10.6 Å². The summed E-state index contributed by atoms with van der Waals surface area (Å²) in [7, 11) is 0. The van der Waals surface area contributed by atoms with Crippen LogP contribution in [-0.4, -0.2) is 10.9 Å². The van der Waals surface area contributed by atoms with E-state index in [4.69, 9.17) is 9.26 Å². The zero-order chi connectivity index (χ0) is 16.7. The average Bonchev–Trinajstić information content (AvgIpc) is 3.28. The van der Waals surface area contributed by atoms with Gasteiger partial charge in [-0.2, -0.15) is 0 Å². The van der Waals surface area contributed by atoms with Gasteiger partial charge >= 0.3 is 0 Å². The standard InChI is InChI=1S/C19H17NO3S/c1-11-5-6-15(19-14(21)8-12(2)18(11)19)22-10-13-9-16(23-20-13)17-4-3-7-24-17/h3-7,9,12H,8,10H2,1-2H3. The van der Waals surface area contributed by atoms with E-state index in [1.54, 1.807) is 11.3 Å². The second-order valence-electron chi connectivity index (χ2n) is 6.15. The van der Waals surface area contributed by atoms with Crippen LogP contribution in [0.3, 0.4) is 0 Å². The highest BCUT2D eigenvalue weighted by molar-refractivity contribution is 7.13. The Kier molecular flexibility index (Phi) is 3.73. The number of hydrogen-bond acceptors (Lipinski definition) is 5. The Morgan fingerprint density at radius 2 is 2.25 bits per heavy atom. The zero-order valence-corrected chi connectivity index (χ0v) is 14.4. The molecule has 1 aliphatic carbocycles. The van der Waals surface area contributed by atoms with Crippen LogP contribution >= 0.6 is 11.3 Å². The highest BCUT2D eigenvalue weighted by Gasteiger charge is 2.31. The molecular formula is C19H17NO3S. The van der Waals surface area contributed by atoms with Gasteiger partial charge in [0.05, 0.1) is 10.4 Å². The van der Waals surface area contributed by atoms with Gasteiger partial charge in [0.2, 0.25) is 0 Å². The first kappa shape index (κ1) is 15.1. The van der Waals surface area contributed by atoms with Crippen LogP contribution in [0.5, 0.6) is 5.75 Å². The lowest BCUT2D eigenvalue weighted by Gasteiger charge is -2.12. The quantitative estimate of drug-likeness (QED) is 0.672. The minimum Gasteiger partial charge on any atom is -0.486 e. The molecule has 1 aromatic carbocycles. The molecule has 1 aliphatic rings.